The minimum atomic E-state index is -0.818. The highest BCUT2D eigenvalue weighted by molar-refractivity contribution is 5.68. The van der Waals surface area contributed by atoms with E-state index in [1.165, 1.54) is 5.56 Å². The molecule has 5 nitrogen and oxygen atoms in total. The standard InChI is InChI=1S/C17H28N2O3/c1-5-12-6-8-13(9-7-12)15(20)14(10-11-18)19-16(21)22-17(2,3)4/h6-9,14-15,20H,5,10-11,18H2,1-4H3,(H,19,21). The number of carbonyl (C=O) groups excluding carboxylic acids is 1. The topological polar surface area (TPSA) is 84.6 Å². The summed E-state index contributed by atoms with van der Waals surface area (Å²) in [7, 11) is 0. The molecule has 22 heavy (non-hydrogen) atoms. The molecule has 4 N–H and O–H groups in total. The quantitative estimate of drug-likeness (QED) is 0.754. The van der Waals surface area contributed by atoms with Crippen molar-refractivity contribution in [1.82, 2.24) is 5.32 Å². The molecule has 2 atom stereocenters. The Morgan fingerprint density at radius 3 is 2.36 bits per heavy atom. The molecule has 0 aliphatic carbocycles. The first-order valence-electron chi connectivity index (χ1n) is 7.73. The summed E-state index contributed by atoms with van der Waals surface area (Å²) in [5.74, 6) is 0. The third-order valence-corrected chi connectivity index (χ3v) is 3.29. The van der Waals surface area contributed by atoms with E-state index in [4.69, 9.17) is 10.5 Å². The van der Waals surface area contributed by atoms with E-state index in [9.17, 15) is 9.90 Å². The third-order valence-electron chi connectivity index (χ3n) is 3.29. The summed E-state index contributed by atoms with van der Waals surface area (Å²) in [4.78, 5) is 11.9. The van der Waals surface area contributed by atoms with Crippen LogP contribution >= 0.6 is 0 Å². The van der Waals surface area contributed by atoms with Crippen molar-refractivity contribution >= 4 is 6.09 Å². The Kier molecular flexibility index (Phi) is 6.84. The monoisotopic (exact) mass is 308 g/mol. The van der Waals surface area contributed by atoms with Crippen molar-refractivity contribution in [2.75, 3.05) is 6.54 Å². The maximum atomic E-state index is 11.9. The summed E-state index contributed by atoms with van der Waals surface area (Å²) in [5.41, 5.74) is 6.97. The fourth-order valence-electron chi connectivity index (χ4n) is 2.13. The highest BCUT2D eigenvalue weighted by Gasteiger charge is 2.25. The molecule has 0 spiro atoms. The van der Waals surface area contributed by atoms with Gasteiger partial charge in [0, 0.05) is 0 Å². The van der Waals surface area contributed by atoms with Crippen LogP contribution in [0.2, 0.25) is 0 Å². The van der Waals surface area contributed by atoms with Crippen LogP contribution in [-0.4, -0.2) is 29.4 Å². The van der Waals surface area contributed by atoms with Gasteiger partial charge in [-0.3, -0.25) is 0 Å². The number of rotatable bonds is 6. The molecule has 1 aromatic rings. The van der Waals surface area contributed by atoms with E-state index in [1.807, 2.05) is 24.3 Å². The molecule has 0 radical (unpaired) electrons. The summed E-state index contributed by atoms with van der Waals surface area (Å²) < 4.78 is 5.24. The predicted octanol–water partition coefficient (Wildman–Crippen LogP) is 2.52. The van der Waals surface area contributed by atoms with Crippen LogP contribution in [0.4, 0.5) is 4.79 Å². The minimum absolute atomic E-state index is 0.366. The maximum Gasteiger partial charge on any atom is 0.407 e. The van der Waals surface area contributed by atoms with Gasteiger partial charge in [0.2, 0.25) is 0 Å². The lowest BCUT2D eigenvalue weighted by molar-refractivity contribution is 0.0415. The zero-order valence-corrected chi connectivity index (χ0v) is 13.9. The number of hydrogen-bond acceptors (Lipinski definition) is 4. The van der Waals surface area contributed by atoms with E-state index in [-0.39, 0.29) is 0 Å². The summed E-state index contributed by atoms with van der Waals surface area (Å²) in [5, 5.41) is 13.2. The second-order valence-corrected chi connectivity index (χ2v) is 6.37. The molecule has 0 fully saturated rings. The van der Waals surface area contributed by atoms with Crippen LogP contribution in [0.3, 0.4) is 0 Å². The molecule has 0 saturated heterocycles. The molecule has 0 aromatic heterocycles. The summed E-state index contributed by atoms with van der Waals surface area (Å²) in [6.45, 7) is 7.83. The van der Waals surface area contributed by atoms with Crippen molar-refractivity contribution in [3.05, 3.63) is 35.4 Å². The van der Waals surface area contributed by atoms with Gasteiger partial charge in [-0.15, -0.1) is 0 Å². The van der Waals surface area contributed by atoms with Crippen LogP contribution in [0.25, 0.3) is 0 Å². The predicted molar refractivity (Wildman–Crippen MR) is 87.6 cm³/mol. The van der Waals surface area contributed by atoms with Crippen molar-refractivity contribution in [2.45, 2.75) is 58.3 Å². The molecular weight excluding hydrogens is 280 g/mol. The normalized spacial score (nSPS) is 14.3. The number of benzene rings is 1. The van der Waals surface area contributed by atoms with Gasteiger partial charge in [-0.1, -0.05) is 31.2 Å². The Labute approximate surface area is 132 Å². The number of carbonyl (C=O) groups is 1. The second-order valence-electron chi connectivity index (χ2n) is 6.37. The van der Waals surface area contributed by atoms with Crippen LogP contribution in [-0.2, 0) is 11.2 Å². The first-order chi connectivity index (χ1) is 10.3. The lowest BCUT2D eigenvalue weighted by atomic mass is 9.98. The number of aliphatic hydroxyl groups is 1. The van der Waals surface area contributed by atoms with E-state index in [1.54, 1.807) is 20.8 Å². The number of hydrogen-bond donors (Lipinski definition) is 3. The largest absolute Gasteiger partial charge is 0.444 e. The molecule has 5 heteroatoms. The molecule has 0 heterocycles. The molecule has 0 saturated carbocycles. The Hall–Kier alpha value is -1.59. The Bertz CT molecular complexity index is 466. The smallest absolute Gasteiger partial charge is 0.407 e. The lowest BCUT2D eigenvalue weighted by Crippen LogP contribution is -2.43. The van der Waals surface area contributed by atoms with Crippen LogP contribution < -0.4 is 11.1 Å². The third kappa shape index (κ3) is 6.03. The van der Waals surface area contributed by atoms with Gasteiger partial charge in [-0.2, -0.15) is 0 Å². The van der Waals surface area contributed by atoms with Crippen molar-refractivity contribution in [2.24, 2.45) is 5.73 Å². The molecule has 124 valence electrons. The van der Waals surface area contributed by atoms with Crippen molar-refractivity contribution in [3.63, 3.8) is 0 Å². The van der Waals surface area contributed by atoms with Gasteiger partial charge in [-0.05, 0) is 51.3 Å². The first-order valence-corrected chi connectivity index (χ1v) is 7.73. The molecule has 0 aliphatic heterocycles. The van der Waals surface area contributed by atoms with E-state index < -0.39 is 23.8 Å². The van der Waals surface area contributed by atoms with Crippen LogP contribution in [0.5, 0.6) is 0 Å². The van der Waals surface area contributed by atoms with Gasteiger partial charge in [0.15, 0.2) is 0 Å². The van der Waals surface area contributed by atoms with Crippen molar-refractivity contribution in [3.8, 4) is 0 Å². The van der Waals surface area contributed by atoms with Crippen LogP contribution in [0.1, 0.15) is 51.3 Å². The van der Waals surface area contributed by atoms with Crippen molar-refractivity contribution < 1.29 is 14.6 Å². The van der Waals surface area contributed by atoms with Gasteiger partial charge in [-0.25, -0.2) is 4.79 Å². The van der Waals surface area contributed by atoms with E-state index in [2.05, 4.69) is 12.2 Å². The van der Waals surface area contributed by atoms with E-state index in [0.29, 0.717) is 13.0 Å². The fraction of sp³-hybridized carbons (Fsp3) is 0.588. The number of aliphatic hydroxyl groups excluding tert-OH is 1. The second kappa shape index (κ2) is 8.15. The van der Waals surface area contributed by atoms with Crippen LogP contribution in [0, 0.1) is 0 Å². The Morgan fingerprint density at radius 1 is 1.32 bits per heavy atom. The summed E-state index contributed by atoms with van der Waals surface area (Å²) in [6, 6.07) is 7.23. The average Bonchev–Trinajstić information content (AvgIpc) is 2.44. The highest BCUT2D eigenvalue weighted by atomic mass is 16.6. The number of alkyl carbamates (subject to hydrolysis) is 1. The first kappa shape index (κ1) is 18.5. The molecule has 1 amide bonds. The number of ether oxygens (including phenoxy) is 1. The molecule has 0 bridgehead atoms. The fourth-order valence-corrected chi connectivity index (χ4v) is 2.13. The van der Waals surface area contributed by atoms with Gasteiger partial charge in [0.25, 0.3) is 0 Å². The zero-order valence-electron chi connectivity index (χ0n) is 13.9. The van der Waals surface area contributed by atoms with Gasteiger partial charge in [0.05, 0.1) is 12.1 Å². The summed E-state index contributed by atoms with van der Waals surface area (Å²) in [6.07, 6.45) is 0.0477. The minimum Gasteiger partial charge on any atom is -0.444 e. The molecule has 2 unspecified atom stereocenters. The summed E-state index contributed by atoms with van der Waals surface area (Å²) >= 11 is 0. The maximum absolute atomic E-state index is 11.9. The Morgan fingerprint density at radius 2 is 1.91 bits per heavy atom. The van der Waals surface area contributed by atoms with E-state index >= 15 is 0 Å². The van der Waals surface area contributed by atoms with Gasteiger partial charge >= 0.3 is 6.09 Å². The van der Waals surface area contributed by atoms with E-state index in [0.717, 1.165) is 12.0 Å². The molecule has 0 aliphatic rings. The molecule has 1 aromatic carbocycles. The molecule has 1 rings (SSSR count). The molecular formula is C17H28N2O3. The highest BCUT2D eigenvalue weighted by Crippen LogP contribution is 2.20. The number of nitrogens with two attached hydrogens (primary N) is 1. The average molecular weight is 308 g/mol. The van der Waals surface area contributed by atoms with Crippen molar-refractivity contribution in [1.29, 1.82) is 0 Å². The number of nitrogens with one attached hydrogen (secondary N) is 1. The number of amides is 1. The SMILES string of the molecule is CCc1ccc(C(O)C(CCN)NC(=O)OC(C)(C)C)cc1. The zero-order chi connectivity index (χ0) is 16.8. The number of aryl methyl sites for hydroxylation is 1. The van der Waals surface area contributed by atoms with Gasteiger partial charge in [0.1, 0.15) is 5.60 Å². The lowest BCUT2D eigenvalue weighted by Gasteiger charge is -2.26. The van der Waals surface area contributed by atoms with Crippen LogP contribution in [0.15, 0.2) is 24.3 Å². The van der Waals surface area contributed by atoms with Gasteiger partial charge < -0.3 is 20.9 Å². The Balaban J connectivity index is 2.77.